The fourth-order valence-corrected chi connectivity index (χ4v) is 4.25. The summed E-state index contributed by atoms with van der Waals surface area (Å²) < 4.78 is 1.18. The van der Waals surface area contributed by atoms with E-state index in [1.165, 1.54) is 14.2 Å². The van der Waals surface area contributed by atoms with E-state index < -0.39 is 0 Å². The molecular formula is C11H13BrN2S2. The Morgan fingerprint density at radius 3 is 2.75 bits per heavy atom. The quantitative estimate of drug-likeness (QED) is 0.923. The van der Waals surface area contributed by atoms with E-state index >= 15 is 0 Å². The van der Waals surface area contributed by atoms with Crippen LogP contribution in [0.3, 0.4) is 0 Å². The maximum atomic E-state index is 4.33. The van der Waals surface area contributed by atoms with Crippen LogP contribution in [-0.4, -0.2) is 11.5 Å². The number of thiophene rings is 1. The molecule has 0 aliphatic heterocycles. The predicted octanol–water partition coefficient (Wildman–Crippen LogP) is 3.97. The van der Waals surface area contributed by atoms with Crippen LogP contribution in [0.2, 0.25) is 0 Å². The minimum Gasteiger partial charge on any atom is -0.305 e. The number of thiazole rings is 1. The van der Waals surface area contributed by atoms with Crippen LogP contribution in [0.4, 0.5) is 0 Å². The van der Waals surface area contributed by atoms with E-state index in [9.17, 15) is 0 Å². The molecule has 0 aliphatic carbocycles. The molecule has 86 valence electrons. The third kappa shape index (κ3) is 2.37. The van der Waals surface area contributed by atoms with Gasteiger partial charge in [0, 0.05) is 14.2 Å². The molecule has 1 atom stereocenters. The van der Waals surface area contributed by atoms with Crippen LogP contribution < -0.4 is 5.32 Å². The number of aromatic nitrogens is 1. The Labute approximate surface area is 112 Å². The topological polar surface area (TPSA) is 24.9 Å². The van der Waals surface area contributed by atoms with Crippen molar-refractivity contribution < 1.29 is 0 Å². The van der Waals surface area contributed by atoms with Gasteiger partial charge in [-0.2, -0.15) is 0 Å². The lowest BCUT2D eigenvalue weighted by molar-refractivity contribution is 0.643. The lowest BCUT2D eigenvalue weighted by atomic mass is 10.2. The molecule has 0 saturated heterocycles. The van der Waals surface area contributed by atoms with E-state index in [1.807, 2.05) is 5.51 Å². The van der Waals surface area contributed by atoms with Gasteiger partial charge in [0.1, 0.15) is 0 Å². The molecule has 16 heavy (non-hydrogen) atoms. The zero-order chi connectivity index (χ0) is 11.5. The average molecular weight is 317 g/mol. The van der Waals surface area contributed by atoms with Crippen LogP contribution in [-0.2, 0) is 0 Å². The largest absolute Gasteiger partial charge is 0.305 e. The van der Waals surface area contributed by atoms with Crippen LogP contribution in [0.25, 0.3) is 0 Å². The van der Waals surface area contributed by atoms with Crippen LogP contribution in [0.1, 0.15) is 28.4 Å². The van der Waals surface area contributed by atoms with Crippen molar-refractivity contribution in [2.45, 2.75) is 19.9 Å². The Balaban J connectivity index is 2.39. The molecule has 0 spiro atoms. The molecule has 1 unspecified atom stereocenters. The van der Waals surface area contributed by atoms with Gasteiger partial charge >= 0.3 is 0 Å². The summed E-state index contributed by atoms with van der Waals surface area (Å²) in [6.07, 6.45) is 0. The van der Waals surface area contributed by atoms with Crippen molar-refractivity contribution in [3.63, 3.8) is 0 Å². The molecule has 0 fully saturated rings. The summed E-state index contributed by atoms with van der Waals surface area (Å²) in [5.41, 5.74) is 3.03. The van der Waals surface area contributed by atoms with Gasteiger partial charge in [-0.25, -0.2) is 4.98 Å². The third-order valence-corrected chi connectivity index (χ3v) is 5.29. The molecular weight excluding hydrogens is 304 g/mol. The summed E-state index contributed by atoms with van der Waals surface area (Å²) in [7, 11) is 0. The molecule has 5 heteroatoms. The number of rotatable bonds is 4. The number of hydrogen-bond donors (Lipinski definition) is 1. The zero-order valence-corrected chi connectivity index (χ0v) is 12.4. The van der Waals surface area contributed by atoms with Gasteiger partial charge < -0.3 is 5.32 Å². The first kappa shape index (κ1) is 12.2. The van der Waals surface area contributed by atoms with E-state index in [0.717, 1.165) is 12.2 Å². The third-order valence-electron chi connectivity index (χ3n) is 2.36. The first-order valence-electron chi connectivity index (χ1n) is 5.10. The number of halogens is 1. The van der Waals surface area contributed by atoms with Gasteiger partial charge in [0.05, 0.1) is 17.2 Å². The van der Waals surface area contributed by atoms with Crippen molar-refractivity contribution in [3.05, 3.63) is 36.9 Å². The van der Waals surface area contributed by atoms with Crippen LogP contribution in [0.15, 0.2) is 21.4 Å². The number of hydrogen-bond acceptors (Lipinski definition) is 4. The standard InChI is InChI=1S/C11H13BrN2S2/c1-3-13-9(10-7(2)14-6-16-10)11-8(12)4-5-15-11/h4-6,9,13H,3H2,1-2H3. The van der Waals surface area contributed by atoms with E-state index in [2.05, 4.69) is 51.5 Å². The second-order valence-corrected chi connectivity index (χ2v) is 6.11. The predicted molar refractivity (Wildman–Crippen MR) is 74.4 cm³/mol. The van der Waals surface area contributed by atoms with Crippen molar-refractivity contribution >= 4 is 38.6 Å². The highest BCUT2D eigenvalue weighted by atomic mass is 79.9. The molecule has 2 aromatic rings. The van der Waals surface area contributed by atoms with Crippen LogP contribution >= 0.6 is 38.6 Å². The SMILES string of the molecule is CCNC(c1sccc1Br)c1scnc1C. The molecule has 2 nitrogen and oxygen atoms in total. The fraction of sp³-hybridized carbons (Fsp3) is 0.364. The summed E-state index contributed by atoms with van der Waals surface area (Å²) in [6, 6.07) is 2.37. The first-order valence-corrected chi connectivity index (χ1v) is 7.65. The molecule has 0 aromatic carbocycles. The monoisotopic (exact) mass is 316 g/mol. The lowest BCUT2D eigenvalue weighted by Crippen LogP contribution is -2.21. The summed E-state index contributed by atoms with van der Waals surface area (Å²) in [4.78, 5) is 6.97. The summed E-state index contributed by atoms with van der Waals surface area (Å²) in [5.74, 6) is 0. The lowest BCUT2D eigenvalue weighted by Gasteiger charge is -2.16. The van der Waals surface area contributed by atoms with Gasteiger partial charge in [-0.3, -0.25) is 0 Å². The molecule has 2 aromatic heterocycles. The van der Waals surface area contributed by atoms with Crippen molar-refractivity contribution in [2.24, 2.45) is 0 Å². The van der Waals surface area contributed by atoms with E-state index in [0.29, 0.717) is 0 Å². The molecule has 0 amide bonds. The summed E-state index contributed by atoms with van der Waals surface area (Å²) >= 11 is 7.09. The van der Waals surface area contributed by atoms with Gasteiger partial charge in [-0.05, 0) is 40.8 Å². The van der Waals surface area contributed by atoms with Gasteiger partial charge in [0.25, 0.3) is 0 Å². The highest BCUT2D eigenvalue weighted by Gasteiger charge is 2.20. The zero-order valence-electron chi connectivity index (χ0n) is 9.16. The van der Waals surface area contributed by atoms with Crippen LogP contribution in [0, 0.1) is 6.92 Å². The highest BCUT2D eigenvalue weighted by molar-refractivity contribution is 9.10. The van der Waals surface area contributed by atoms with Crippen molar-refractivity contribution in [2.75, 3.05) is 6.54 Å². The Hall–Kier alpha value is -0.230. The maximum absolute atomic E-state index is 4.33. The molecule has 1 N–H and O–H groups in total. The second-order valence-electron chi connectivity index (χ2n) is 3.43. The van der Waals surface area contributed by atoms with Gasteiger partial charge in [0.2, 0.25) is 0 Å². The summed E-state index contributed by atoms with van der Waals surface area (Å²) in [6.45, 7) is 5.15. The van der Waals surface area contributed by atoms with E-state index in [1.54, 1.807) is 22.7 Å². The molecule has 0 bridgehead atoms. The molecule has 2 rings (SSSR count). The maximum Gasteiger partial charge on any atom is 0.0798 e. The van der Waals surface area contributed by atoms with Crippen LogP contribution in [0.5, 0.6) is 0 Å². The minimum absolute atomic E-state index is 0.270. The molecule has 2 heterocycles. The Morgan fingerprint density at radius 1 is 1.44 bits per heavy atom. The highest BCUT2D eigenvalue weighted by Crippen LogP contribution is 2.35. The summed E-state index contributed by atoms with van der Waals surface area (Å²) in [5, 5.41) is 5.63. The normalized spacial score (nSPS) is 12.9. The Bertz CT molecular complexity index is 424. The average Bonchev–Trinajstić information content (AvgIpc) is 2.84. The van der Waals surface area contributed by atoms with Crippen molar-refractivity contribution in [1.29, 1.82) is 0 Å². The number of nitrogens with one attached hydrogen (secondary N) is 1. The minimum atomic E-state index is 0.270. The number of aryl methyl sites for hydroxylation is 1. The van der Waals surface area contributed by atoms with Gasteiger partial charge in [-0.1, -0.05) is 6.92 Å². The Kier molecular flexibility index (Phi) is 4.13. The van der Waals surface area contributed by atoms with Crippen molar-refractivity contribution in [1.82, 2.24) is 10.3 Å². The molecule has 0 saturated carbocycles. The van der Waals surface area contributed by atoms with Gasteiger partial charge in [-0.15, -0.1) is 22.7 Å². The first-order chi connectivity index (χ1) is 7.74. The molecule has 0 aliphatic rings. The molecule has 0 radical (unpaired) electrons. The fourth-order valence-electron chi connectivity index (χ4n) is 1.61. The van der Waals surface area contributed by atoms with Gasteiger partial charge in [0.15, 0.2) is 0 Å². The second kappa shape index (κ2) is 5.40. The van der Waals surface area contributed by atoms with E-state index in [-0.39, 0.29) is 6.04 Å². The van der Waals surface area contributed by atoms with Crippen molar-refractivity contribution in [3.8, 4) is 0 Å². The number of nitrogens with zero attached hydrogens (tertiary/aromatic N) is 1. The van der Waals surface area contributed by atoms with E-state index in [4.69, 9.17) is 0 Å². The Morgan fingerprint density at radius 2 is 2.25 bits per heavy atom. The smallest absolute Gasteiger partial charge is 0.0798 e.